The van der Waals surface area contributed by atoms with E-state index >= 15 is 0 Å². The molecule has 1 aromatic heterocycles. The highest BCUT2D eigenvalue weighted by Crippen LogP contribution is 2.34. The molecule has 0 aliphatic heterocycles. The third-order valence-electron chi connectivity index (χ3n) is 4.58. The SMILES string of the molecule is O=C(NCCCC(=O)N(C1CCCC1)C1CC1)c1ccsc1. The molecule has 2 amide bonds. The van der Waals surface area contributed by atoms with Crippen LogP contribution >= 0.6 is 11.3 Å². The van der Waals surface area contributed by atoms with E-state index in [1.165, 1.54) is 49.9 Å². The first-order chi connectivity index (χ1) is 10.8. The van der Waals surface area contributed by atoms with Crippen molar-refractivity contribution in [1.29, 1.82) is 0 Å². The number of rotatable bonds is 7. The van der Waals surface area contributed by atoms with Crippen molar-refractivity contribution in [3.05, 3.63) is 22.4 Å². The summed E-state index contributed by atoms with van der Waals surface area (Å²) in [6.07, 6.45) is 8.51. The monoisotopic (exact) mass is 320 g/mol. The topological polar surface area (TPSA) is 49.4 Å². The molecule has 1 N–H and O–H groups in total. The number of amides is 2. The van der Waals surface area contributed by atoms with E-state index in [0.717, 1.165) is 6.42 Å². The van der Waals surface area contributed by atoms with Gasteiger partial charge in [0, 0.05) is 36.0 Å². The van der Waals surface area contributed by atoms with E-state index in [2.05, 4.69) is 10.2 Å². The maximum Gasteiger partial charge on any atom is 0.252 e. The predicted molar refractivity (Wildman–Crippen MR) is 88.0 cm³/mol. The maximum atomic E-state index is 12.5. The van der Waals surface area contributed by atoms with Gasteiger partial charge in [0.2, 0.25) is 5.91 Å². The van der Waals surface area contributed by atoms with Crippen LogP contribution in [-0.2, 0) is 4.79 Å². The number of hydrogen-bond acceptors (Lipinski definition) is 3. The van der Waals surface area contributed by atoms with E-state index in [9.17, 15) is 9.59 Å². The molecule has 4 nitrogen and oxygen atoms in total. The van der Waals surface area contributed by atoms with Crippen LogP contribution in [0.5, 0.6) is 0 Å². The van der Waals surface area contributed by atoms with Gasteiger partial charge in [0.1, 0.15) is 0 Å². The number of carbonyl (C=O) groups excluding carboxylic acids is 2. The Labute approximate surface area is 135 Å². The lowest BCUT2D eigenvalue weighted by molar-refractivity contribution is -0.134. The number of carbonyl (C=O) groups is 2. The van der Waals surface area contributed by atoms with Crippen molar-refractivity contribution in [3.63, 3.8) is 0 Å². The molecule has 0 unspecified atom stereocenters. The minimum atomic E-state index is -0.0384. The molecule has 0 radical (unpaired) electrons. The van der Waals surface area contributed by atoms with Crippen LogP contribution in [0.2, 0.25) is 0 Å². The summed E-state index contributed by atoms with van der Waals surface area (Å²) in [7, 11) is 0. The lowest BCUT2D eigenvalue weighted by Gasteiger charge is -2.29. The van der Waals surface area contributed by atoms with Crippen LogP contribution < -0.4 is 5.32 Å². The number of nitrogens with one attached hydrogen (secondary N) is 1. The van der Waals surface area contributed by atoms with Crippen molar-refractivity contribution in [2.75, 3.05) is 6.54 Å². The van der Waals surface area contributed by atoms with Gasteiger partial charge < -0.3 is 10.2 Å². The predicted octanol–water partition coefficient (Wildman–Crippen LogP) is 3.19. The summed E-state index contributed by atoms with van der Waals surface area (Å²) >= 11 is 1.52. The lowest BCUT2D eigenvalue weighted by Crippen LogP contribution is -2.40. The van der Waals surface area contributed by atoms with Gasteiger partial charge in [-0.2, -0.15) is 11.3 Å². The van der Waals surface area contributed by atoms with Crippen LogP contribution in [0, 0.1) is 0 Å². The van der Waals surface area contributed by atoms with Crippen molar-refractivity contribution in [3.8, 4) is 0 Å². The van der Waals surface area contributed by atoms with E-state index in [4.69, 9.17) is 0 Å². The maximum absolute atomic E-state index is 12.5. The second kappa shape index (κ2) is 7.27. The third kappa shape index (κ3) is 3.88. The molecule has 0 atom stereocenters. The van der Waals surface area contributed by atoms with Crippen LogP contribution in [0.15, 0.2) is 16.8 Å². The molecular formula is C17H24N2O2S. The van der Waals surface area contributed by atoms with Gasteiger partial charge in [-0.25, -0.2) is 0 Å². The Kier molecular flexibility index (Phi) is 5.13. The van der Waals surface area contributed by atoms with Crippen LogP contribution in [0.1, 0.15) is 61.7 Å². The average Bonchev–Trinajstić information content (AvgIpc) is 3.00. The molecule has 3 rings (SSSR count). The van der Waals surface area contributed by atoms with Crippen LogP contribution in [-0.4, -0.2) is 35.3 Å². The van der Waals surface area contributed by atoms with Gasteiger partial charge >= 0.3 is 0 Å². The van der Waals surface area contributed by atoms with Gasteiger partial charge in [-0.3, -0.25) is 9.59 Å². The Bertz CT molecular complexity index is 505. The van der Waals surface area contributed by atoms with Crippen molar-refractivity contribution in [2.45, 2.75) is 63.5 Å². The minimum absolute atomic E-state index is 0.0384. The van der Waals surface area contributed by atoms with Gasteiger partial charge in [0.25, 0.3) is 5.91 Å². The summed E-state index contributed by atoms with van der Waals surface area (Å²) in [5.74, 6) is 0.253. The molecule has 0 bridgehead atoms. The van der Waals surface area contributed by atoms with E-state index < -0.39 is 0 Å². The van der Waals surface area contributed by atoms with Crippen molar-refractivity contribution in [2.24, 2.45) is 0 Å². The lowest BCUT2D eigenvalue weighted by atomic mass is 10.1. The van der Waals surface area contributed by atoms with Gasteiger partial charge in [0.15, 0.2) is 0 Å². The fraction of sp³-hybridized carbons (Fsp3) is 0.647. The number of nitrogens with zero attached hydrogens (tertiary/aromatic N) is 1. The van der Waals surface area contributed by atoms with Crippen molar-refractivity contribution in [1.82, 2.24) is 10.2 Å². The molecule has 2 saturated carbocycles. The normalized spacial score (nSPS) is 18.4. The highest BCUT2D eigenvalue weighted by molar-refractivity contribution is 7.08. The fourth-order valence-electron chi connectivity index (χ4n) is 3.31. The minimum Gasteiger partial charge on any atom is -0.352 e. The molecule has 0 saturated heterocycles. The summed E-state index contributed by atoms with van der Waals surface area (Å²) in [6, 6.07) is 2.82. The van der Waals surface area contributed by atoms with E-state index in [1.54, 1.807) is 0 Å². The highest BCUT2D eigenvalue weighted by Gasteiger charge is 2.37. The first kappa shape index (κ1) is 15.5. The van der Waals surface area contributed by atoms with Gasteiger partial charge in [-0.15, -0.1) is 0 Å². The smallest absolute Gasteiger partial charge is 0.252 e. The largest absolute Gasteiger partial charge is 0.352 e. The molecule has 0 spiro atoms. The summed E-state index contributed by atoms with van der Waals surface area (Å²) in [5, 5.41) is 6.63. The quantitative estimate of drug-likeness (QED) is 0.784. The molecule has 2 aliphatic carbocycles. The molecule has 1 heterocycles. The molecule has 120 valence electrons. The van der Waals surface area contributed by atoms with Crippen molar-refractivity contribution >= 4 is 23.2 Å². The number of hydrogen-bond donors (Lipinski definition) is 1. The van der Waals surface area contributed by atoms with Gasteiger partial charge in [0.05, 0.1) is 0 Å². The summed E-state index contributed by atoms with van der Waals surface area (Å²) < 4.78 is 0. The molecule has 2 fully saturated rings. The van der Waals surface area contributed by atoms with Crippen LogP contribution in [0.4, 0.5) is 0 Å². The Morgan fingerprint density at radius 2 is 1.91 bits per heavy atom. The zero-order valence-corrected chi connectivity index (χ0v) is 13.7. The van der Waals surface area contributed by atoms with Crippen molar-refractivity contribution < 1.29 is 9.59 Å². The first-order valence-electron chi connectivity index (χ1n) is 8.37. The molecular weight excluding hydrogens is 296 g/mol. The molecule has 5 heteroatoms. The standard InChI is InChI=1S/C17H24N2O2S/c20-16(19(15-7-8-15)14-4-1-2-5-14)6-3-10-18-17(21)13-9-11-22-12-13/h9,11-12,14-15H,1-8,10H2,(H,18,21). The zero-order chi connectivity index (χ0) is 15.4. The summed E-state index contributed by atoms with van der Waals surface area (Å²) in [6.45, 7) is 0.573. The molecule has 22 heavy (non-hydrogen) atoms. The second-order valence-electron chi connectivity index (χ2n) is 6.34. The highest BCUT2D eigenvalue weighted by atomic mass is 32.1. The summed E-state index contributed by atoms with van der Waals surface area (Å²) in [4.78, 5) is 26.5. The van der Waals surface area contributed by atoms with E-state index in [0.29, 0.717) is 36.5 Å². The Balaban J connectivity index is 1.40. The first-order valence-corrected chi connectivity index (χ1v) is 9.31. The Morgan fingerprint density at radius 1 is 1.18 bits per heavy atom. The van der Waals surface area contributed by atoms with Gasteiger partial charge in [-0.1, -0.05) is 12.8 Å². The van der Waals surface area contributed by atoms with Crippen LogP contribution in [0.25, 0.3) is 0 Å². The average molecular weight is 320 g/mol. The number of thiophene rings is 1. The fourth-order valence-corrected chi connectivity index (χ4v) is 3.94. The molecule has 0 aromatic carbocycles. The Hall–Kier alpha value is -1.36. The summed E-state index contributed by atoms with van der Waals surface area (Å²) in [5.41, 5.74) is 0.710. The molecule has 1 aromatic rings. The van der Waals surface area contributed by atoms with E-state index in [-0.39, 0.29) is 5.91 Å². The molecule has 2 aliphatic rings. The zero-order valence-electron chi connectivity index (χ0n) is 12.9. The van der Waals surface area contributed by atoms with Crippen LogP contribution in [0.3, 0.4) is 0 Å². The Morgan fingerprint density at radius 3 is 2.55 bits per heavy atom. The third-order valence-corrected chi connectivity index (χ3v) is 5.27. The van der Waals surface area contributed by atoms with E-state index in [1.807, 2.05) is 16.8 Å². The second-order valence-corrected chi connectivity index (χ2v) is 7.12. The van der Waals surface area contributed by atoms with Gasteiger partial charge in [-0.05, 0) is 43.6 Å².